The Balaban J connectivity index is 1.49. The van der Waals surface area contributed by atoms with Crippen molar-refractivity contribution in [1.29, 1.82) is 0 Å². The largest absolute Gasteiger partial charge is 0.335 e. The quantitative estimate of drug-likeness (QED) is 0.698. The summed E-state index contributed by atoms with van der Waals surface area (Å²) in [5, 5.41) is 10.3. The molecule has 0 aliphatic rings. The lowest BCUT2D eigenvalue weighted by molar-refractivity contribution is 0.237. The first kappa shape index (κ1) is 18.6. The zero-order valence-electron chi connectivity index (χ0n) is 16.1. The maximum Gasteiger partial charge on any atom is 0.315 e. The van der Waals surface area contributed by atoms with Crippen LogP contribution in [0.2, 0.25) is 0 Å². The Hall–Kier alpha value is -3.16. The second kappa shape index (κ2) is 8.03. The molecule has 0 radical (unpaired) electrons. The number of nitrogens with one attached hydrogen (secondary N) is 2. The number of carbonyl (C=O) groups excluding carboxylic acids is 1. The van der Waals surface area contributed by atoms with Crippen molar-refractivity contribution < 1.29 is 4.79 Å². The second-order valence-electron chi connectivity index (χ2n) is 6.70. The van der Waals surface area contributed by atoms with Crippen LogP contribution in [0.4, 0.5) is 4.79 Å². The van der Waals surface area contributed by atoms with Crippen LogP contribution in [0.3, 0.4) is 0 Å². The molecular weight excluding hydrogens is 342 g/mol. The van der Waals surface area contributed by atoms with Crippen molar-refractivity contribution in [2.45, 2.75) is 39.8 Å². The summed E-state index contributed by atoms with van der Waals surface area (Å²) in [4.78, 5) is 20.6. The molecule has 2 N–H and O–H groups in total. The summed E-state index contributed by atoms with van der Waals surface area (Å²) < 4.78 is 3.70. The highest BCUT2D eigenvalue weighted by molar-refractivity contribution is 5.74. The van der Waals surface area contributed by atoms with Gasteiger partial charge in [-0.15, -0.1) is 0 Å². The van der Waals surface area contributed by atoms with Crippen LogP contribution in [-0.2, 0) is 20.0 Å². The van der Waals surface area contributed by atoms with Gasteiger partial charge in [0.15, 0.2) is 0 Å². The number of hydrogen-bond donors (Lipinski definition) is 2. The number of hydrogen-bond acceptors (Lipinski definition) is 4. The summed E-state index contributed by atoms with van der Waals surface area (Å²) in [7, 11) is 1.93. The number of amides is 2. The molecule has 8 nitrogen and oxygen atoms in total. The van der Waals surface area contributed by atoms with Gasteiger partial charge in [0.25, 0.3) is 0 Å². The third kappa shape index (κ3) is 4.52. The molecule has 0 aliphatic carbocycles. The van der Waals surface area contributed by atoms with Crippen molar-refractivity contribution in [2.75, 3.05) is 0 Å². The van der Waals surface area contributed by atoms with Crippen LogP contribution >= 0.6 is 0 Å². The van der Waals surface area contributed by atoms with Gasteiger partial charge in [0.05, 0.1) is 5.69 Å². The van der Waals surface area contributed by atoms with Gasteiger partial charge >= 0.3 is 6.03 Å². The van der Waals surface area contributed by atoms with Crippen molar-refractivity contribution in [3.8, 4) is 5.82 Å². The van der Waals surface area contributed by atoms with Crippen molar-refractivity contribution in [1.82, 2.24) is 34.9 Å². The fourth-order valence-electron chi connectivity index (χ4n) is 3.00. The smallest absolute Gasteiger partial charge is 0.315 e. The standard InChI is InChI=1S/C19H25N7O/c1-13(9-17-14(2)24-25(4)15(17)3)23-19(27)22-11-16-5-6-18(21-10-16)26-8-7-20-12-26/h5-8,10,12-13H,9,11H2,1-4H3,(H2,22,23,27). The molecule has 3 aromatic rings. The Bertz CT molecular complexity index is 897. The van der Waals surface area contributed by atoms with E-state index in [-0.39, 0.29) is 12.1 Å². The van der Waals surface area contributed by atoms with Gasteiger partial charge in [-0.2, -0.15) is 5.10 Å². The molecule has 1 atom stereocenters. The number of imidazole rings is 1. The number of carbonyl (C=O) groups is 1. The summed E-state index contributed by atoms with van der Waals surface area (Å²) in [5.41, 5.74) is 4.25. The molecule has 0 saturated heterocycles. The Labute approximate surface area is 158 Å². The van der Waals surface area contributed by atoms with E-state index in [0.717, 1.165) is 29.2 Å². The first-order valence-electron chi connectivity index (χ1n) is 8.90. The monoisotopic (exact) mass is 367 g/mol. The number of nitrogens with zero attached hydrogens (tertiary/aromatic N) is 5. The molecule has 3 rings (SSSR count). The summed E-state index contributed by atoms with van der Waals surface area (Å²) in [5.74, 6) is 0.788. The van der Waals surface area contributed by atoms with Gasteiger partial charge in [-0.3, -0.25) is 9.25 Å². The Morgan fingerprint density at radius 1 is 1.30 bits per heavy atom. The van der Waals surface area contributed by atoms with E-state index < -0.39 is 0 Å². The fourth-order valence-corrected chi connectivity index (χ4v) is 3.00. The molecule has 3 heterocycles. The molecule has 3 aromatic heterocycles. The van der Waals surface area contributed by atoms with Crippen molar-refractivity contribution >= 4 is 6.03 Å². The number of urea groups is 1. The molecule has 2 amide bonds. The maximum atomic E-state index is 12.2. The first-order valence-corrected chi connectivity index (χ1v) is 8.90. The molecule has 0 spiro atoms. The molecule has 0 aliphatic heterocycles. The Kier molecular flexibility index (Phi) is 5.54. The molecule has 27 heavy (non-hydrogen) atoms. The number of aromatic nitrogens is 5. The third-order valence-corrected chi connectivity index (χ3v) is 4.58. The maximum absolute atomic E-state index is 12.2. The number of rotatable bonds is 6. The molecule has 1 unspecified atom stereocenters. The molecule has 8 heteroatoms. The van der Waals surface area contributed by atoms with E-state index in [1.165, 1.54) is 5.56 Å². The Morgan fingerprint density at radius 2 is 2.11 bits per heavy atom. The van der Waals surface area contributed by atoms with E-state index in [2.05, 4.69) is 25.7 Å². The van der Waals surface area contributed by atoms with Gasteiger partial charge in [0, 0.05) is 43.9 Å². The summed E-state index contributed by atoms with van der Waals surface area (Å²) in [6.07, 6.45) is 7.74. The highest BCUT2D eigenvalue weighted by atomic mass is 16.2. The summed E-state index contributed by atoms with van der Waals surface area (Å²) >= 11 is 0. The van der Waals surface area contributed by atoms with E-state index in [4.69, 9.17) is 0 Å². The van der Waals surface area contributed by atoms with Gasteiger partial charge in [0.2, 0.25) is 0 Å². The van der Waals surface area contributed by atoms with Crippen LogP contribution in [0.25, 0.3) is 5.82 Å². The van der Waals surface area contributed by atoms with E-state index in [9.17, 15) is 4.79 Å². The molecule has 0 bridgehead atoms. The minimum Gasteiger partial charge on any atom is -0.335 e. The molecule has 0 fully saturated rings. The van der Waals surface area contributed by atoms with Crippen molar-refractivity contribution in [3.05, 3.63) is 59.6 Å². The first-order chi connectivity index (χ1) is 12.9. The molecule has 0 aromatic carbocycles. The predicted octanol–water partition coefficient (Wildman–Crippen LogP) is 2.05. The minimum absolute atomic E-state index is 0.00772. The number of aryl methyl sites for hydroxylation is 2. The number of pyridine rings is 1. The molecule has 142 valence electrons. The van der Waals surface area contributed by atoms with E-state index in [0.29, 0.717) is 6.54 Å². The average molecular weight is 367 g/mol. The van der Waals surface area contributed by atoms with Crippen LogP contribution in [0.5, 0.6) is 0 Å². The van der Waals surface area contributed by atoms with Crippen molar-refractivity contribution in [2.24, 2.45) is 7.05 Å². The SMILES string of the molecule is Cc1nn(C)c(C)c1CC(C)NC(=O)NCc1ccc(-n2ccnc2)nc1. The van der Waals surface area contributed by atoms with Crippen LogP contribution in [0.1, 0.15) is 29.4 Å². The van der Waals surface area contributed by atoms with Gasteiger partial charge in [-0.05, 0) is 44.4 Å². The lowest BCUT2D eigenvalue weighted by atomic mass is 10.1. The van der Waals surface area contributed by atoms with E-state index in [1.807, 2.05) is 55.4 Å². The van der Waals surface area contributed by atoms with Crippen LogP contribution in [0.15, 0.2) is 37.1 Å². The highest BCUT2D eigenvalue weighted by Crippen LogP contribution is 2.14. The second-order valence-corrected chi connectivity index (χ2v) is 6.70. The summed E-state index contributed by atoms with van der Waals surface area (Å²) in [6, 6.07) is 3.65. The van der Waals surface area contributed by atoms with Crippen molar-refractivity contribution in [3.63, 3.8) is 0 Å². The molecule has 0 saturated carbocycles. The van der Waals surface area contributed by atoms with Gasteiger partial charge in [-0.1, -0.05) is 6.07 Å². The lowest BCUT2D eigenvalue weighted by Crippen LogP contribution is -2.41. The normalized spacial score (nSPS) is 12.0. The molecular formula is C19H25N7O. The third-order valence-electron chi connectivity index (χ3n) is 4.58. The van der Waals surface area contributed by atoms with E-state index in [1.54, 1.807) is 18.7 Å². The topological polar surface area (TPSA) is 89.7 Å². The Morgan fingerprint density at radius 3 is 2.70 bits per heavy atom. The zero-order chi connectivity index (χ0) is 19.4. The fraction of sp³-hybridized carbons (Fsp3) is 0.368. The van der Waals surface area contributed by atoms with Crippen LogP contribution in [-0.4, -0.2) is 36.4 Å². The van der Waals surface area contributed by atoms with Crippen LogP contribution < -0.4 is 10.6 Å². The van der Waals surface area contributed by atoms with Gasteiger partial charge in [-0.25, -0.2) is 14.8 Å². The minimum atomic E-state index is -0.194. The summed E-state index contributed by atoms with van der Waals surface area (Å²) in [6.45, 7) is 6.45. The van der Waals surface area contributed by atoms with Gasteiger partial charge < -0.3 is 10.6 Å². The highest BCUT2D eigenvalue weighted by Gasteiger charge is 2.14. The average Bonchev–Trinajstić information content (AvgIpc) is 3.25. The zero-order valence-corrected chi connectivity index (χ0v) is 16.1. The lowest BCUT2D eigenvalue weighted by Gasteiger charge is -2.15. The van der Waals surface area contributed by atoms with Crippen LogP contribution in [0, 0.1) is 13.8 Å². The van der Waals surface area contributed by atoms with E-state index >= 15 is 0 Å². The van der Waals surface area contributed by atoms with Gasteiger partial charge in [0.1, 0.15) is 12.1 Å². The predicted molar refractivity (Wildman–Crippen MR) is 103 cm³/mol.